The van der Waals surface area contributed by atoms with Gasteiger partial charge < -0.3 is 9.59 Å². The molecule has 0 heterocycles. The van der Waals surface area contributed by atoms with E-state index in [1.807, 2.05) is 0 Å². The van der Waals surface area contributed by atoms with Crippen LogP contribution in [0.1, 0.15) is 90.9 Å². The van der Waals surface area contributed by atoms with Gasteiger partial charge in [0.05, 0.1) is 20.6 Å². The monoisotopic (exact) mass is 378 g/mol. The number of rotatable bonds is 15. The summed E-state index contributed by atoms with van der Waals surface area (Å²) in [6, 6.07) is 0.295. The van der Waals surface area contributed by atoms with Crippen LogP contribution in [0.2, 0.25) is 0 Å². The molecule has 0 fully saturated rings. The summed E-state index contributed by atoms with van der Waals surface area (Å²) in [7, 11) is 4.49. The average Bonchev–Trinajstić information content (AvgIpc) is 2.44. The van der Waals surface area contributed by atoms with Gasteiger partial charge in [0.2, 0.25) is 0 Å². The molecule has 0 aromatic carbocycles. The van der Waals surface area contributed by atoms with Crippen LogP contribution >= 0.6 is 15.9 Å². The fourth-order valence-corrected chi connectivity index (χ4v) is 4.38. The lowest BCUT2D eigenvalue weighted by Crippen LogP contribution is -2.53. The first kappa shape index (κ1) is 22.4. The van der Waals surface area contributed by atoms with E-state index < -0.39 is 0 Å². The number of hydrogen-bond donors (Lipinski definition) is 1. The predicted molar refractivity (Wildman–Crippen MR) is 102 cm³/mol. The number of alkyl halides is 1. The van der Waals surface area contributed by atoms with E-state index in [-0.39, 0.29) is 5.01 Å². The lowest BCUT2D eigenvalue weighted by atomic mass is 10.1. The smallest absolute Gasteiger partial charge is 0.160 e. The summed E-state index contributed by atoms with van der Waals surface area (Å²) in [6.07, 6.45) is 16.3. The van der Waals surface area contributed by atoms with Crippen molar-refractivity contribution in [3.05, 3.63) is 0 Å². The van der Waals surface area contributed by atoms with Gasteiger partial charge in [0.1, 0.15) is 6.04 Å². The van der Waals surface area contributed by atoms with E-state index in [1.54, 1.807) is 0 Å². The van der Waals surface area contributed by atoms with Crippen LogP contribution in [0.5, 0.6) is 0 Å². The van der Waals surface area contributed by atoms with Crippen molar-refractivity contribution in [2.24, 2.45) is 0 Å². The molecule has 0 aliphatic heterocycles. The molecular formula is C19H41BrNO+. The summed E-state index contributed by atoms with van der Waals surface area (Å²) in [6.45, 7) is 5.61. The first-order valence-corrected chi connectivity index (χ1v) is 10.5. The third kappa shape index (κ3) is 11.0. The van der Waals surface area contributed by atoms with Crippen molar-refractivity contribution in [2.75, 3.05) is 20.6 Å². The standard InChI is InChI=1S/C19H41BrNO/c1-5-7-8-9-10-11-12-13-14-15-16-17-21(3,4)18(6-2)19(20)22/h18-19,22H,5-17H2,1-4H3/q+1. The van der Waals surface area contributed by atoms with Crippen LogP contribution < -0.4 is 0 Å². The van der Waals surface area contributed by atoms with Gasteiger partial charge in [-0.25, -0.2) is 0 Å². The van der Waals surface area contributed by atoms with E-state index in [4.69, 9.17) is 0 Å². The lowest BCUT2D eigenvalue weighted by molar-refractivity contribution is -0.917. The van der Waals surface area contributed by atoms with Gasteiger partial charge in [-0.2, -0.15) is 0 Å². The summed E-state index contributed by atoms with van der Waals surface area (Å²) < 4.78 is 0.917. The van der Waals surface area contributed by atoms with E-state index >= 15 is 0 Å². The molecule has 2 unspecified atom stereocenters. The Kier molecular flexibility index (Phi) is 14.1. The average molecular weight is 379 g/mol. The van der Waals surface area contributed by atoms with E-state index in [0.29, 0.717) is 6.04 Å². The Labute approximate surface area is 148 Å². The first-order valence-electron chi connectivity index (χ1n) is 9.60. The van der Waals surface area contributed by atoms with E-state index in [0.717, 1.165) is 17.4 Å². The number of quaternary nitrogens is 1. The second-order valence-electron chi connectivity index (χ2n) is 7.39. The van der Waals surface area contributed by atoms with Gasteiger partial charge in [-0.05, 0) is 12.8 Å². The van der Waals surface area contributed by atoms with Crippen LogP contribution in [-0.4, -0.2) is 41.3 Å². The molecule has 0 rings (SSSR count). The van der Waals surface area contributed by atoms with Crippen molar-refractivity contribution in [1.29, 1.82) is 0 Å². The summed E-state index contributed by atoms with van der Waals surface area (Å²) in [4.78, 5) is 0. The van der Waals surface area contributed by atoms with Gasteiger partial charge in [-0.1, -0.05) is 87.6 Å². The van der Waals surface area contributed by atoms with Crippen LogP contribution in [-0.2, 0) is 0 Å². The molecule has 134 valence electrons. The molecule has 22 heavy (non-hydrogen) atoms. The van der Waals surface area contributed by atoms with Crippen LogP contribution in [0.15, 0.2) is 0 Å². The van der Waals surface area contributed by atoms with Gasteiger partial charge in [-0.15, -0.1) is 0 Å². The Hall–Kier alpha value is 0.400. The van der Waals surface area contributed by atoms with Crippen molar-refractivity contribution in [3.63, 3.8) is 0 Å². The van der Waals surface area contributed by atoms with Crippen molar-refractivity contribution in [3.8, 4) is 0 Å². The maximum absolute atomic E-state index is 9.83. The minimum Gasteiger partial charge on any atom is -0.376 e. The number of aliphatic hydroxyl groups is 1. The highest BCUT2D eigenvalue weighted by Gasteiger charge is 2.31. The Morgan fingerprint density at radius 3 is 1.55 bits per heavy atom. The molecule has 0 aliphatic rings. The minimum absolute atomic E-state index is 0.295. The molecule has 0 aliphatic carbocycles. The molecule has 0 aromatic heterocycles. The van der Waals surface area contributed by atoms with E-state index in [9.17, 15) is 5.11 Å². The second-order valence-corrected chi connectivity index (χ2v) is 8.32. The largest absolute Gasteiger partial charge is 0.376 e. The summed E-state index contributed by atoms with van der Waals surface area (Å²) in [5.74, 6) is 0. The zero-order valence-electron chi connectivity index (χ0n) is 15.6. The van der Waals surface area contributed by atoms with Crippen molar-refractivity contribution in [1.82, 2.24) is 0 Å². The van der Waals surface area contributed by atoms with Gasteiger partial charge in [0, 0.05) is 6.42 Å². The van der Waals surface area contributed by atoms with Gasteiger partial charge in [-0.3, -0.25) is 0 Å². The molecule has 3 heteroatoms. The molecule has 2 nitrogen and oxygen atoms in total. The molecular weight excluding hydrogens is 338 g/mol. The zero-order chi connectivity index (χ0) is 16.8. The van der Waals surface area contributed by atoms with E-state index in [1.165, 1.54) is 70.6 Å². The number of nitrogens with zero attached hydrogens (tertiary/aromatic N) is 1. The third-order valence-electron chi connectivity index (χ3n) is 4.97. The number of halogens is 1. The van der Waals surface area contributed by atoms with Crippen molar-refractivity contribution in [2.45, 2.75) is 102 Å². The number of aliphatic hydroxyl groups excluding tert-OH is 1. The Balaban J connectivity index is 3.52. The molecule has 0 amide bonds. The number of unbranched alkanes of at least 4 members (excludes halogenated alkanes) is 10. The van der Waals surface area contributed by atoms with Crippen LogP contribution in [0.4, 0.5) is 0 Å². The molecule has 1 N–H and O–H groups in total. The number of hydrogen-bond acceptors (Lipinski definition) is 1. The molecule has 0 spiro atoms. The quantitative estimate of drug-likeness (QED) is 0.214. The third-order valence-corrected chi connectivity index (χ3v) is 5.58. The van der Waals surface area contributed by atoms with Crippen LogP contribution in [0.25, 0.3) is 0 Å². The summed E-state index contributed by atoms with van der Waals surface area (Å²) >= 11 is 3.35. The lowest BCUT2D eigenvalue weighted by Gasteiger charge is -2.38. The second kappa shape index (κ2) is 13.8. The minimum atomic E-state index is -0.389. The molecule has 2 atom stereocenters. The Morgan fingerprint density at radius 2 is 1.18 bits per heavy atom. The van der Waals surface area contributed by atoms with E-state index in [2.05, 4.69) is 43.9 Å². The maximum Gasteiger partial charge on any atom is 0.160 e. The van der Waals surface area contributed by atoms with Gasteiger partial charge >= 0.3 is 0 Å². The normalized spacial score (nSPS) is 15.0. The molecule has 0 saturated heterocycles. The highest BCUT2D eigenvalue weighted by atomic mass is 79.9. The fraction of sp³-hybridized carbons (Fsp3) is 1.00. The predicted octanol–water partition coefficient (Wildman–Crippen LogP) is 5.87. The molecule has 0 saturated carbocycles. The highest BCUT2D eigenvalue weighted by Crippen LogP contribution is 2.20. The Morgan fingerprint density at radius 1 is 0.773 bits per heavy atom. The Bertz CT molecular complexity index is 244. The van der Waals surface area contributed by atoms with Crippen LogP contribution in [0, 0.1) is 0 Å². The summed E-state index contributed by atoms with van der Waals surface area (Å²) in [5, 5.41) is 9.44. The van der Waals surface area contributed by atoms with Crippen molar-refractivity contribution < 1.29 is 9.59 Å². The maximum atomic E-state index is 9.83. The van der Waals surface area contributed by atoms with Gasteiger partial charge in [0.25, 0.3) is 0 Å². The molecule has 0 bridgehead atoms. The van der Waals surface area contributed by atoms with Gasteiger partial charge in [0.15, 0.2) is 5.01 Å². The zero-order valence-corrected chi connectivity index (χ0v) is 17.2. The molecule has 0 aromatic rings. The topological polar surface area (TPSA) is 20.2 Å². The fourth-order valence-electron chi connectivity index (χ4n) is 3.37. The first-order chi connectivity index (χ1) is 10.5. The highest BCUT2D eigenvalue weighted by molar-refractivity contribution is 9.09. The molecule has 0 radical (unpaired) electrons. The van der Waals surface area contributed by atoms with Crippen LogP contribution in [0.3, 0.4) is 0 Å². The summed E-state index contributed by atoms with van der Waals surface area (Å²) in [5.41, 5.74) is 0. The van der Waals surface area contributed by atoms with Crippen molar-refractivity contribution >= 4 is 15.9 Å². The SMILES string of the molecule is CCCCCCCCCCCCC[N+](C)(C)C(CC)C(O)Br. The number of likely N-dealkylation sites (N-methyl/N-ethyl adjacent to an activating group) is 1.